The zero-order chi connectivity index (χ0) is 14.8. The Labute approximate surface area is 136 Å². The van der Waals surface area contributed by atoms with Gasteiger partial charge < -0.3 is 5.32 Å². The molecule has 1 aliphatic rings. The highest BCUT2D eigenvalue weighted by atomic mass is 35.5. The Kier molecular flexibility index (Phi) is 5.33. The maximum absolute atomic E-state index is 13.9. The predicted octanol–water partition coefficient (Wildman–Crippen LogP) is 1.13. The van der Waals surface area contributed by atoms with Crippen molar-refractivity contribution >= 4 is 35.8 Å². The van der Waals surface area contributed by atoms with Crippen LogP contribution in [0.2, 0.25) is 0 Å². The molecule has 1 aromatic heterocycles. The Morgan fingerprint density at radius 2 is 2.36 bits per heavy atom. The molecule has 1 unspecified atom stereocenters. The van der Waals surface area contributed by atoms with Gasteiger partial charge in [0, 0.05) is 17.3 Å². The van der Waals surface area contributed by atoms with Crippen LogP contribution in [0.3, 0.4) is 0 Å². The Bertz CT molecular complexity index is 675. The number of nitrogens with one attached hydrogen (secondary N) is 2. The quantitative estimate of drug-likeness (QED) is 0.868. The largest absolute Gasteiger partial charge is 0.325 e. The molecule has 0 spiro atoms. The van der Waals surface area contributed by atoms with E-state index >= 15 is 0 Å². The summed E-state index contributed by atoms with van der Waals surface area (Å²) in [6, 6.07) is 4.08. The second kappa shape index (κ2) is 7.03. The number of nitrogens with zero attached hydrogens (tertiary/aromatic N) is 4. The highest BCUT2D eigenvalue weighted by molar-refractivity contribution is 7.99. The molecule has 1 saturated heterocycles. The number of anilines is 1. The van der Waals surface area contributed by atoms with Crippen LogP contribution in [-0.4, -0.2) is 43.8 Å². The highest BCUT2D eigenvalue weighted by Crippen LogP contribution is 2.19. The summed E-state index contributed by atoms with van der Waals surface area (Å²) in [5.74, 6) is 1.36. The van der Waals surface area contributed by atoms with E-state index in [1.54, 1.807) is 18.7 Å². The number of carbonyl (C=O) groups is 1. The molecular weight excluding hydrogens is 331 g/mol. The van der Waals surface area contributed by atoms with E-state index in [9.17, 15) is 9.18 Å². The molecule has 2 aromatic rings. The van der Waals surface area contributed by atoms with E-state index in [0.717, 1.165) is 11.6 Å². The van der Waals surface area contributed by atoms with Crippen molar-refractivity contribution in [3.05, 3.63) is 29.8 Å². The van der Waals surface area contributed by atoms with Gasteiger partial charge in [-0.1, -0.05) is 0 Å². The summed E-state index contributed by atoms with van der Waals surface area (Å²) in [4.78, 5) is 12.0. The molecule has 1 aliphatic heterocycles. The lowest BCUT2D eigenvalue weighted by atomic mass is 10.2. The first-order chi connectivity index (χ1) is 10.1. The molecule has 118 valence electrons. The zero-order valence-corrected chi connectivity index (χ0v) is 13.2. The fourth-order valence-corrected chi connectivity index (χ4v) is 2.94. The maximum Gasteiger partial charge on any atom is 0.242 e. The minimum absolute atomic E-state index is 0. The number of rotatable bonds is 3. The average Bonchev–Trinajstić information content (AvgIpc) is 3.12. The molecule has 3 rings (SSSR count). The van der Waals surface area contributed by atoms with Crippen LogP contribution in [0.15, 0.2) is 18.2 Å². The molecule has 1 aromatic carbocycles. The molecule has 0 bridgehead atoms. The Hall–Kier alpha value is -1.71. The van der Waals surface area contributed by atoms with Gasteiger partial charge in [-0.3, -0.25) is 10.1 Å². The fraction of sp³-hybridized carbons (Fsp3) is 0.333. The van der Waals surface area contributed by atoms with Gasteiger partial charge in [0.1, 0.15) is 11.5 Å². The lowest BCUT2D eigenvalue weighted by molar-refractivity contribution is -0.117. The molecule has 2 heterocycles. The van der Waals surface area contributed by atoms with Gasteiger partial charge in [-0.25, -0.2) is 4.39 Å². The van der Waals surface area contributed by atoms with Gasteiger partial charge in [-0.15, -0.1) is 29.3 Å². The number of tetrazole rings is 1. The summed E-state index contributed by atoms with van der Waals surface area (Å²) in [5, 5.41) is 16.8. The lowest BCUT2D eigenvalue weighted by Gasteiger charge is -2.12. The van der Waals surface area contributed by atoms with Crippen LogP contribution in [0.1, 0.15) is 5.82 Å². The Morgan fingerprint density at radius 3 is 3.00 bits per heavy atom. The van der Waals surface area contributed by atoms with E-state index in [0.29, 0.717) is 11.5 Å². The number of halogens is 2. The lowest BCUT2D eigenvalue weighted by Crippen LogP contribution is -2.37. The molecule has 1 fully saturated rings. The SMILES string of the molecule is Cc1nnnn1-c1cc(NC(=O)C2CSCN2)ccc1F.Cl. The third-order valence-corrected chi connectivity index (χ3v) is 4.04. The molecule has 7 nitrogen and oxygen atoms in total. The van der Waals surface area contributed by atoms with Gasteiger partial charge in [0.05, 0.1) is 6.04 Å². The van der Waals surface area contributed by atoms with Gasteiger partial charge in [0.25, 0.3) is 0 Å². The van der Waals surface area contributed by atoms with Crippen molar-refractivity contribution < 1.29 is 9.18 Å². The number of aromatic nitrogens is 4. The fourth-order valence-electron chi connectivity index (χ4n) is 2.00. The second-order valence-corrected chi connectivity index (χ2v) is 5.60. The number of hydrogen-bond acceptors (Lipinski definition) is 6. The zero-order valence-electron chi connectivity index (χ0n) is 11.6. The molecule has 0 radical (unpaired) electrons. The molecule has 1 atom stereocenters. The van der Waals surface area contributed by atoms with Crippen LogP contribution in [0.4, 0.5) is 10.1 Å². The first-order valence-electron chi connectivity index (χ1n) is 6.32. The summed E-state index contributed by atoms with van der Waals surface area (Å²) < 4.78 is 15.2. The van der Waals surface area contributed by atoms with E-state index in [4.69, 9.17) is 0 Å². The van der Waals surface area contributed by atoms with Crippen LogP contribution in [0, 0.1) is 12.7 Å². The predicted molar refractivity (Wildman–Crippen MR) is 84.0 cm³/mol. The highest BCUT2D eigenvalue weighted by Gasteiger charge is 2.22. The third kappa shape index (κ3) is 3.37. The smallest absolute Gasteiger partial charge is 0.242 e. The number of aryl methyl sites for hydroxylation is 1. The van der Waals surface area contributed by atoms with Crippen molar-refractivity contribution in [2.45, 2.75) is 13.0 Å². The molecule has 2 N–H and O–H groups in total. The van der Waals surface area contributed by atoms with Crippen LogP contribution in [-0.2, 0) is 4.79 Å². The maximum atomic E-state index is 13.9. The first kappa shape index (κ1) is 16.7. The van der Waals surface area contributed by atoms with E-state index in [-0.39, 0.29) is 30.0 Å². The van der Waals surface area contributed by atoms with Gasteiger partial charge in [0.15, 0.2) is 5.82 Å². The summed E-state index contributed by atoms with van der Waals surface area (Å²) in [5.41, 5.74) is 0.703. The number of amides is 1. The van der Waals surface area contributed by atoms with Gasteiger partial charge in [0.2, 0.25) is 5.91 Å². The van der Waals surface area contributed by atoms with E-state index in [1.165, 1.54) is 22.9 Å². The summed E-state index contributed by atoms with van der Waals surface area (Å²) in [6.45, 7) is 1.67. The number of thioether (sulfide) groups is 1. The summed E-state index contributed by atoms with van der Waals surface area (Å²) in [7, 11) is 0. The number of benzene rings is 1. The van der Waals surface area contributed by atoms with Crippen molar-refractivity contribution in [1.29, 1.82) is 0 Å². The van der Waals surface area contributed by atoms with Crippen molar-refractivity contribution in [3.63, 3.8) is 0 Å². The molecular formula is C12H14ClFN6OS. The topological polar surface area (TPSA) is 84.7 Å². The summed E-state index contributed by atoms with van der Waals surface area (Å²) >= 11 is 1.66. The summed E-state index contributed by atoms with van der Waals surface area (Å²) in [6.07, 6.45) is 0. The second-order valence-electron chi connectivity index (χ2n) is 4.57. The minimum atomic E-state index is -0.460. The molecule has 22 heavy (non-hydrogen) atoms. The Balaban J connectivity index is 0.00000176. The van der Waals surface area contributed by atoms with Gasteiger partial charge in [-0.05, 0) is 35.5 Å². The minimum Gasteiger partial charge on any atom is -0.325 e. The van der Waals surface area contributed by atoms with Crippen molar-refractivity contribution in [1.82, 2.24) is 25.5 Å². The van der Waals surface area contributed by atoms with Crippen LogP contribution in [0.5, 0.6) is 0 Å². The third-order valence-electron chi connectivity index (χ3n) is 3.10. The normalized spacial score (nSPS) is 17.1. The number of carbonyl (C=O) groups excluding carboxylic acids is 1. The average molecular weight is 345 g/mol. The standard InChI is InChI=1S/C12H13FN6OS.ClH/c1-7-16-17-18-19(7)11-4-8(2-3-9(11)13)15-12(20)10-5-21-6-14-10;/h2-4,10,14H,5-6H2,1H3,(H,15,20);1H. The molecule has 0 aliphatic carbocycles. The van der Waals surface area contributed by atoms with Crippen LogP contribution >= 0.6 is 24.2 Å². The van der Waals surface area contributed by atoms with E-state index < -0.39 is 5.82 Å². The van der Waals surface area contributed by atoms with Crippen molar-refractivity contribution in [3.8, 4) is 5.69 Å². The monoisotopic (exact) mass is 344 g/mol. The van der Waals surface area contributed by atoms with E-state index in [2.05, 4.69) is 26.2 Å². The van der Waals surface area contributed by atoms with Gasteiger partial charge in [-0.2, -0.15) is 4.68 Å². The Morgan fingerprint density at radius 1 is 1.55 bits per heavy atom. The molecule has 1 amide bonds. The molecule has 10 heteroatoms. The number of hydrogen-bond donors (Lipinski definition) is 2. The van der Waals surface area contributed by atoms with Crippen LogP contribution in [0.25, 0.3) is 5.69 Å². The molecule has 0 saturated carbocycles. The first-order valence-corrected chi connectivity index (χ1v) is 7.47. The van der Waals surface area contributed by atoms with Gasteiger partial charge >= 0.3 is 0 Å². The van der Waals surface area contributed by atoms with Crippen molar-refractivity contribution in [2.75, 3.05) is 16.9 Å². The van der Waals surface area contributed by atoms with Crippen molar-refractivity contribution in [2.24, 2.45) is 0 Å². The van der Waals surface area contributed by atoms with Crippen LogP contribution < -0.4 is 10.6 Å². The van der Waals surface area contributed by atoms with E-state index in [1.807, 2.05) is 0 Å².